The van der Waals surface area contributed by atoms with Gasteiger partial charge in [0.15, 0.2) is 0 Å². The second-order valence-electron chi connectivity index (χ2n) is 5.09. The summed E-state index contributed by atoms with van der Waals surface area (Å²) >= 11 is 0. The molecule has 0 atom stereocenters. The molecular weight excluding hydrogens is 210 g/mol. The summed E-state index contributed by atoms with van der Waals surface area (Å²) in [6.07, 6.45) is 1.05. The minimum absolute atomic E-state index is 0.590. The van der Waals surface area contributed by atoms with E-state index in [0.29, 0.717) is 6.04 Å². The topological polar surface area (TPSA) is 12.5 Å². The first-order valence-corrected chi connectivity index (χ1v) is 6.30. The van der Waals surface area contributed by atoms with Gasteiger partial charge in [0.25, 0.3) is 0 Å². The molecular formula is C15H25NO. The Morgan fingerprint density at radius 2 is 1.88 bits per heavy atom. The molecule has 0 fully saturated rings. The minimum atomic E-state index is 0.590. The van der Waals surface area contributed by atoms with E-state index in [1.54, 1.807) is 7.11 Å². The summed E-state index contributed by atoms with van der Waals surface area (Å²) < 4.78 is 5.48. The molecule has 1 aromatic carbocycles. The molecule has 0 heterocycles. The van der Waals surface area contributed by atoms with Gasteiger partial charge in [-0.1, -0.05) is 6.07 Å². The second kappa shape index (κ2) is 6.06. The quantitative estimate of drug-likeness (QED) is 0.777. The molecule has 0 N–H and O–H groups in total. The number of benzene rings is 1. The van der Waals surface area contributed by atoms with Crippen LogP contribution in [0.2, 0.25) is 0 Å². The molecule has 96 valence electrons. The summed E-state index contributed by atoms with van der Waals surface area (Å²) in [6, 6.07) is 4.94. The van der Waals surface area contributed by atoms with E-state index in [9.17, 15) is 0 Å². The Kier molecular flexibility index (Phi) is 5.01. The summed E-state index contributed by atoms with van der Waals surface area (Å²) in [5, 5.41) is 0. The molecule has 0 unspecified atom stereocenters. The number of hydrogen-bond donors (Lipinski definition) is 0. The molecule has 1 rings (SSSR count). The van der Waals surface area contributed by atoms with Crippen molar-refractivity contribution in [3.8, 4) is 5.75 Å². The van der Waals surface area contributed by atoms with Crippen LogP contribution in [0.4, 0.5) is 0 Å². The average Bonchev–Trinajstić information content (AvgIpc) is 2.26. The largest absolute Gasteiger partial charge is 0.496 e. The van der Waals surface area contributed by atoms with Crippen LogP contribution in [0.25, 0.3) is 0 Å². The highest BCUT2D eigenvalue weighted by atomic mass is 16.5. The zero-order chi connectivity index (χ0) is 13.0. The molecule has 0 spiro atoms. The lowest BCUT2D eigenvalue weighted by Crippen LogP contribution is -2.28. The van der Waals surface area contributed by atoms with Gasteiger partial charge in [0.2, 0.25) is 0 Å². The maximum atomic E-state index is 5.48. The fourth-order valence-electron chi connectivity index (χ4n) is 2.01. The molecule has 0 aliphatic carbocycles. The van der Waals surface area contributed by atoms with E-state index in [1.807, 2.05) is 0 Å². The van der Waals surface area contributed by atoms with Gasteiger partial charge in [0.1, 0.15) is 5.75 Å². The maximum Gasteiger partial charge on any atom is 0.122 e. The van der Waals surface area contributed by atoms with Crippen molar-refractivity contribution in [2.75, 3.05) is 20.7 Å². The van der Waals surface area contributed by atoms with Crippen molar-refractivity contribution in [1.29, 1.82) is 0 Å². The van der Waals surface area contributed by atoms with Gasteiger partial charge in [-0.2, -0.15) is 0 Å². The lowest BCUT2D eigenvalue weighted by molar-refractivity contribution is 0.276. The van der Waals surface area contributed by atoms with Crippen molar-refractivity contribution in [2.45, 2.75) is 40.2 Å². The number of methoxy groups -OCH3 is 1. The maximum absolute atomic E-state index is 5.48. The Morgan fingerprint density at radius 3 is 2.41 bits per heavy atom. The monoisotopic (exact) mass is 235 g/mol. The third-order valence-corrected chi connectivity index (χ3v) is 3.39. The average molecular weight is 235 g/mol. The predicted octanol–water partition coefficient (Wildman–Crippen LogP) is 3.19. The van der Waals surface area contributed by atoms with E-state index in [2.05, 4.69) is 51.8 Å². The number of hydrogen-bond acceptors (Lipinski definition) is 2. The fourth-order valence-corrected chi connectivity index (χ4v) is 2.01. The van der Waals surface area contributed by atoms with Gasteiger partial charge in [-0.15, -0.1) is 0 Å². The van der Waals surface area contributed by atoms with Crippen molar-refractivity contribution >= 4 is 0 Å². The normalized spacial score (nSPS) is 11.3. The molecule has 0 radical (unpaired) electrons. The fraction of sp³-hybridized carbons (Fsp3) is 0.600. The summed E-state index contributed by atoms with van der Waals surface area (Å²) in [6.45, 7) is 9.79. The highest BCUT2D eigenvalue weighted by Gasteiger charge is 2.10. The first-order valence-electron chi connectivity index (χ1n) is 6.30. The van der Waals surface area contributed by atoms with Crippen molar-refractivity contribution in [2.24, 2.45) is 0 Å². The van der Waals surface area contributed by atoms with Crippen LogP contribution in [-0.2, 0) is 6.42 Å². The number of aryl methyl sites for hydroxylation is 2. The minimum Gasteiger partial charge on any atom is -0.496 e. The Hall–Kier alpha value is -1.02. The van der Waals surface area contributed by atoms with E-state index in [0.717, 1.165) is 18.7 Å². The van der Waals surface area contributed by atoms with Crippen molar-refractivity contribution in [3.63, 3.8) is 0 Å². The van der Waals surface area contributed by atoms with E-state index in [4.69, 9.17) is 4.74 Å². The molecule has 2 heteroatoms. The van der Waals surface area contributed by atoms with Gasteiger partial charge in [-0.25, -0.2) is 0 Å². The molecule has 0 aliphatic heterocycles. The first kappa shape index (κ1) is 14.0. The van der Waals surface area contributed by atoms with E-state index < -0.39 is 0 Å². The van der Waals surface area contributed by atoms with Gasteiger partial charge in [-0.3, -0.25) is 0 Å². The SMILES string of the molecule is COc1cc(C)cc(C)c1CCN(C)C(C)C. The molecule has 0 bridgehead atoms. The smallest absolute Gasteiger partial charge is 0.122 e. The molecule has 1 aromatic rings. The van der Waals surface area contributed by atoms with Gasteiger partial charge in [0.05, 0.1) is 7.11 Å². The number of ether oxygens (including phenoxy) is 1. The highest BCUT2D eigenvalue weighted by molar-refractivity contribution is 5.43. The Bertz CT molecular complexity index is 371. The Balaban J connectivity index is 2.83. The highest BCUT2D eigenvalue weighted by Crippen LogP contribution is 2.24. The molecule has 2 nitrogen and oxygen atoms in total. The van der Waals surface area contributed by atoms with Gasteiger partial charge in [0, 0.05) is 12.6 Å². The second-order valence-corrected chi connectivity index (χ2v) is 5.09. The lowest BCUT2D eigenvalue weighted by atomic mass is 10.0. The number of rotatable bonds is 5. The molecule has 0 saturated carbocycles. The standard InChI is InChI=1S/C15H25NO/c1-11(2)16(5)8-7-14-13(4)9-12(3)10-15(14)17-6/h9-11H,7-8H2,1-6H3. The molecule has 0 amide bonds. The van der Waals surface area contributed by atoms with Crippen molar-refractivity contribution in [1.82, 2.24) is 4.90 Å². The van der Waals surface area contributed by atoms with Crippen LogP contribution >= 0.6 is 0 Å². The van der Waals surface area contributed by atoms with Crippen LogP contribution in [0.15, 0.2) is 12.1 Å². The molecule has 0 aromatic heterocycles. The van der Waals surface area contributed by atoms with Crippen LogP contribution in [0, 0.1) is 13.8 Å². The Labute approximate surface area is 106 Å². The number of likely N-dealkylation sites (N-methyl/N-ethyl adjacent to an activating group) is 1. The van der Waals surface area contributed by atoms with E-state index >= 15 is 0 Å². The predicted molar refractivity (Wildman–Crippen MR) is 73.9 cm³/mol. The summed E-state index contributed by atoms with van der Waals surface area (Å²) in [5.41, 5.74) is 3.94. The first-order chi connectivity index (χ1) is 7.95. The van der Waals surface area contributed by atoms with Gasteiger partial charge in [-0.05, 0) is 63.9 Å². The van der Waals surface area contributed by atoms with Crippen molar-refractivity contribution < 1.29 is 4.74 Å². The third-order valence-electron chi connectivity index (χ3n) is 3.39. The summed E-state index contributed by atoms with van der Waals surface area (Å²) in [5.74, 6) is 1.03. The van der Waals surface area contributed by atoms with Crippen LogP contribution in [0.1, 0.15) is 30.5 Å². The molecule has 17 heavy (non-hydrogen) atoms. The zero-order valence-electron chi connectivity index (χ0n) is 12.0. The molecule has 0 saturated heterocycles. The lowest BCUT2D eigenvalue weighted by Gasteiger charge is -2.22. The number of nitrogens with zero attached hydrogens (tertiary/aromatic N) is 1. The van der Waals surface area contributed by atoms with Crippen LogP contribution in [0.3, 0.4) is 0 Å². The van der Waals surface area contributed by atoms with Crippen molar-refractivity contribution in [3.05, 3.63) is 28.8 Å². The van der Waals surface area contributed by atoms with Crippen LogP contribution < -0.4 is 4.74 Å². The summed E-state index contributed by atoms with van der Waals surface area (Å²) in [7, 11) is 3.92. The van der Waals surface area contributed by atoms with E-state index in [1.165, 1.54) is 16.7 Å². The van der Waals surface area contributed by atoms with E-state index in [-0.39, 0.29) is 0 Å². The Morgan fingerprint density at radius 1 is 1.24 bits per heavy atom. The van der Waals surface area contributed by atoms with Gasteiger partial charge < -0.3 is 9.64 Å². The van der Waals surface area contributed by atoms with Crippen LogP contribution in [-0.4, -0.2) is 31.6 Å². The van der Waals surface area contributed by atoms with Crippen LogP contribution in [0.5, 0.6) is 5.75 Å². The summed E-state index contributed by atoms with van der Waals surface area (Å²) in [4.78, 5) is 2.36. The zero-order valence-corrected chi connectivity index (χ0v) is 12.0. The molecule has 0 aliphatic rings. The van der Waals surface area contributed by atoms with Gasteiger partial charge >= 0.3 is 0 Å². The third kappa shape index (κ3) is 3.74.